The van der Waals surface area contributed by atoms with Crippen molar-refractivity contribution >= 4 is 5.97 Å². The van der Waals surface area contributed by atoms with Crippen LogP contribution in [0.4, 0.5) is 0 Å². The lowest BCUT2D eigenvalue weighted by Crippen LogP contribution is -2.59. The van der Waals surface area contributed by atoms with Crippen LogP contribution < -0.4 is 0 Å². The van der Waals surface area contributed by atoms with Crippen LogP contribution in [-0.4, -0.2) is 33.5 Å². The zero-order chi connectivity index (χ0) is 18.2. The second-order valence-corrected chi connectivity index (χ2v) is 8.85. The molecule has 2 saturated carbocycles. The fourth-order valence-electron chi connectivity index (χ4n) is 5.83. The predicted octanol–water partition coefficient (Wildman–Crippen LogP) is 3.76. The van der Waals surface area contributed by atoms with Gasteiger partial charge in [-0.1, -0.05) is 25.0 Å². The van der Waals surface area contributed by atoms with Crippen LogP contribution in [0.5, 0.6) is 0 Å². The topological polar surface area (TPSA) is 77.8 Å². The molecule has 2 aliphatic rings. The quantitative estimate of drug-likeness (QED) is 0.667. The number of hydrogen-bond acceptors (Lipinski definition) is 3. The molecule has 0 spiro atoms. The Bertz CT molecular complexity index is 510. The SMILES string of the molecule is CC(=CCO)CC[C@@H]1[C@@]2(C)CCC[C@](C)(C(=O)O)C2CC[C@@]1(C)O. The third-order valence-electron chi connectivity index (χ3n) is 7.22. The number of carbonyl (C=O) groups is 1. The van der Waals surface area contributed by atoms with Gasteiger partial charge in [-0.05, 0) is 76.5 Å². The number of aliphatic hydroxyl groups excluding tert-OH is 1. The lowest BCUT2D eigenvalue weighted by molar-refractivity contribution is -0.190. The molecule has 0 aromatic rings. The van der Waals surface area contributed by atoms with Crippen molar-refractivity contribution in [3.63, 3.8) is 0 Å². The van der Waals surface area contributed by atoms with Gasteiger partial charge >= 0.3 is 5.97 Å². The molecule has 0 aliphatic heterocycles. The first-order chi connectivity index (χ1) is 11.1. The molecule has 4 heteroatoms. The number of allylic oxidation sites excluding steroid dienone is 1. The van der Waals surface area contributed by atoms with Crippen molar-refractivity contribution in [1.29, 1.82) is 0 Å². The van der Waals surface area contributed by atoms with Crippen molar-refractivity contribution in [1.82, 2.24) is 0 Å². The molecule has 0 bridgehead atoms. The minimum absolute atomic E-state index is 0.0455. The van der Waals surface area contributed by atoms with Crippen LogP contribution in [0.3, 0.4) is 0 Å². The molecule has 0 amide bonds. The van der Waals surface area contributed by atoms with Crippen molar-refractivity contribution in [2.24, 2.45) is 22.7 Å². The fourth-order valence-corrected chi connectivity index (χ4v) is 5.83. The van der Waals surface area contributed by atoms with Crippen molar-refractivity contribution in [2.75, 3.05) is 6.61 Å². The van der Waals surface area contributed by atoms with Gasteiger partial charge in [0, 0.05) is 0 Å². The van der Waals surface area contributed by atoms with Crippen LogP contribution >= 0.6 is 0 Å². The van der Waals surface area contributed by atoms with Gasteiger partial charge in [0.15, 0.2) is 0 Å². The molecule has 3 N–H and O–H groups in total. The molecule has 0 aromatic heterocycles. The maximum absolute atomic E-state index is 12.0. The number of carboxylic acid groups (broad SMARTS) is 1. The van der Waals surface area contributed by atoms with Gasteiger partial charge in [0.25, 0.3) is 0 Å². The van der Waals surface area contributed by atoms with Gasteiger partial charge < -0.3 is 15.3 Å². The molecule has 138 valence electrons. The zero-order valence-corrected chi connectivity index (χ0v) is 15.6. The van der Waals surface area contributed by atoms with E-state index in [9.17, 15) is 15.0 Å². The van der Waals surface area contributed by atoms with Gasteiger partial charge in [0.1, 0.15) is 0 Å². The molecular weight excluding hydrogens is 304 g/mol. The molecule has 2 rings (SSSR count). The standard InChI is InChI=1S/C20H34O4/c1-14(9-13-21)6-7-16-18(2)10-5-11-19(3,17(22)23)15(18)8-12-20(16,4)24/h9,15-16,21,24H,5-8,10-13H2,1-4H3,(H,22,23)/t15?,16-,18+,19+,20-/m1/s1. The third-order valence-corrected chi connectivity index (χ3v) is 7.22. The van der Waals surface area contributed by atoms with Crippen molar-refractivity contribution < 1.29 is 20.1 Å². The maximum atomic E-state index is 12.0. The molecule has 24 heavy (non-hydrogen) atoms. The van der Waals surface area contributed by atoms with Crippen molar-refractivity contribution in [2.45, 2.75) is 78.2 Å². The largest absolute Gasteiger partial charge is 0.481 e. The van der Waals surface area contributed by atoms with Crippen molar-refractivity contribution in [3.05, 3.63) is 11.6 Å². The fraction of sp³-hybridized carbons (Fsp3) is 0.850. The average Bonchev–Trinajstić information content (AvgIpc) is 2.45. The maximum Gasteiger partial charge on any atom is 0.309 e. The number of fused-ring (bicyclic) bond motifs is 1. The summed E-state index contributed by atoms with van der Waals surface area (Å²) in [5, 5.41) is 30.0. The normalized spacial score (nSPS) is 43.3. The van der Waals surface area contributed by atoms with Gasteiger partial charge in [0.05, 0.1) is 17.6 Å². The molecule has 2 aliphatic carbocycles. The molecule has 0 heterocycles. The summed E-state index contributed by atoms with van der Waals surface area (Å²) in [5.41, 5.74) is -0.442. The Morgan fingerprint density at radius 1 is 1.21 bits per heavy atom. The van der Waals surface area contributed by atoms with Crippen LogP contribution in [0.25, 0.3) is 0 Å². The number of hydrogen-bond donors (Lipinski definition) is 3. The Morgan fingerprint density at radius 3 is 2.46 bits per heavy atom. The van der Waals surface area contributed by atoms with Crippen LogP contribution in [0.2, 0.25) is 0 Å². The van der Waals surface area contributed by atoms with Gasteiger partial charge in [-0.2, -0.15) is 0 Å². The molecular formula is C20H34O4. The van der Waals surface area contributed by atoms with E-state index in [1.807, 2.05) is 26.8 Å². The summed E-state index contributed by atoms with van der Waals surface area (Å²) in [6.45, 7) is 8.10. The summed E-state index contributed by atoms with van der Waals surface area (Å²) in [6, 6.07) is 0. The lowest BCUT2D eigenvalue weighted by atomic mass is 9.44. The minimum Gasteiger partial charge on any atom is -0.481 e. The summed E-state index contributed by atoms with van der Waals surface area (Å²) < 4.78 is 0. The molecule has 5 atom stereocenters. The monoisotopic (exact) mass is 338 g/mol. The molecule has 4 nitrogen and oxygen atoms in total. The van der Waals surface area contributed by atoms with E-state index < -0.39 is 17.0 Å². The second kappa shape index (κ2) is 6.80. The Balaban J connectivity index is 2.32. The van der Waals surface area contributed by atoms with Gasteiger partial charge in [-0.25, -0.2) is 0 Å². The summed E-state index contributed by atoms with van der Waals surface area (Å²) in [6.07, 6.45) is 7.60. The summed E-state index contributed by atoms with van der Waals surface area (Å²) in [4.78, 5) is 12.0. The van der Waals surface area contributed by atoms with E-state index in [4.69, 9.17) is 5.11 Å². The highest BCUT2D eigenvalue weighted by Gasteiger charge is 2.60. The summed E-state index contributed by atoms with van der Waals surface area (Å²) >= 11 is 0. The highest BCUT2D eigenvalue weighted by molar-refractivity contribution is 5.75. The number of rotatable bonds is 5. The third kappa shape index (κ3) is 3.28. The lowest BCUT2D eigenvalue weighted by Gasteiger charge is -2.60. The van der Waals surface area contributed by atoms with E-state index in [-0.39, 0.29) is 23.9 Å². The first-order valence-electron chi connectivity index (χ1n) is 9.30. The Hall–Kier alpha value is -0.870. The Morgan fingerprint density at radius 2 is 1.88 bits per heavy atom. The van der Waals surface area contributed by atoms with Crippen LogP contribution in [0, 0.1) is 22.7 Å². The van der Waals surface area contributed by atoms with Crippen LogP contribution in [0.1, 0.15) is 72.6 Å². The zero-order valence-electron chi connectivity index (χ0n) is 15.6. The van der Waals surface area contributed by atoms with E-state index in [2.05, 4.69) is 6.92 Å². The van der Waals surface area contributed by atoms with Gasteiger partial charge in [0.2, 0.25) is 0 Å². The van der Waals surface area contributed by atoms with E-state index in [0.29, 0.717) is 6.42 Å². The minimum atomic E-state index is -0.749. The highest BCUT2D eigenvalue weighted by Crippen LogP contribution is 2.63. The average molecular weight is 338 g/mol. The van der Waals surface area contributed by atoms with E-state index in [1.54, 1.807) is 0 Å². The smallest absolute Gasteiger partial charge is 0.309 e. The molecule has 1 unspecified atom stereocenters. The Labute approximate surface area is 146 Å². The van der Waals surface area contributed by atoms with Crippen LogP contribution in [-0.2, 0) is 4.79 Å². The van der Waals surface area contributed by atoms with E-state index >= 15 is 0 Å². The number of carboxylic acids is 1. The highest BCUT2D eigenvalue weighted by atomic mass is 16.4. The Kier molecular flexibility index (Phi) is 5.51. The first-order valence-corrected chi connectivity index (χ1v) is 9.30. The molecule has 0 saturated heterocycles. The van der Waals surface area contributed by atoms with Gasteiger partial charge in [-0.15, -0.1) is 0 Å². The van der Waals surface area contributed by atoms with Crippen LogP contribution in [0.15, 0.2) is 11.6 Å². The molecule has 2 fully saturated rings. The summed E-state index contributed by atoms with van der Waals surface area (Å²) in [7, 11) is 0. The molecule has 0 radical (unpaired) electrons. The number of aliphatic hydroxyl groups is 2. The van der Waals surface area contributed by atoms with Crippen molar-refractivity contribution in [3.8, 4) is 0 Å². The first kappa shape index (κ1) is 19.5. The van der Waals surface area contributed by atoms with Gasteiger partial charge in [-0.3, -0.25) is 4.79 Å². The summed E-state index contributed by atoms with van der Waals surface area (Å²) in [5.74, 6) is -0.483. The van der Waals surface area contributed by atoms with E-state index in [0.717, 1.165) is 44.1 Å². The van der Waals surface area contributed by atoms with E-state index in [1.165, 1.54) is 0 Å². The molecule has 0 aromatic carbocycles. The number of aliphatic carboxylic acids is 1. The second-order valence-electron chi connectivity index (χ2n) is 8.85. The predicted molar refractivity (Wildman–Crippen MR) is 94.6 cm³/mol.